The van der Waals surface area contributed by atoms with Crippen molar-refractivity contribution in [2.24, 2.45) is 16.7 Å². The quantitative estimate of drug-likeness (QED) is 0.594. The molecule has 0 aromatic rings. The first-order valence-corrected chi connectivity index (χ1v) is 6.43. The summed E-state index contributed by atoms with van der Waals surface area (Å²) in [7, 11) is 0. The van der Waals surface area contributed by atoms with Crippen LogP contribution < -0.4 is 0 Å². The maximum Gasteiger partial charge on any atom is -0.0328 e. The third kappa shape index (κ3) is 2.52. The van der Waals surface area contributed by atoms with Crippen molar-refractivity contribution in [3.05, 3.63) is 0 Å². The second kappa shape index (κ2) is 4.24. The van der Waals surface area contributed by atoms with E-state index in [-0.39, 0.29) is 0 Å². The van der Waals surface area contributed by atoms with Crippen LogP contribution in [0.25, 0.3) is 0 Å². The van der Waals surface area contributed by atoms with E-state index in [4.69, 9.17) is 0 Å². The minimum atomic E-state index is 0.578. The van der Waals surface area contributed by atoms with Gasteiger partial charge in [0.1, 0.15) is 0 Å². The average molecular weight is 196 g/mol. The van der Waals surface area contributed by atoms with Crippen LogP contribution in [-0.4, -0.2) is 0 Å². The Morgan fingerprint density at radius 3 is 2.00 bits per heavy atom. The lowest BCUT2D eigenvalue weighted by molar-refractivity contribution is 0.0835. The molecule has 0 amide bonds. The molecule has 1 aliphatic carbocycles. The summed E-state index contributed by atoms with van der Waals surface area (Å²) in [5.41, 5.74) is 1.25. The van der Waals surface area contributed by atoms with Crippen LogP contribution in [0, 0.1) is 16.7 Å². The van der Waals surface area contributed by atoms with E-state index in [9.17, 15) is 0 Å². The Morgan fingerprint density at radius 1 is 1.14 bits per heavy atom. The largest absolute Gasteiger partial charge is 0.0649 e. The highest BCUT2D eigenvalue weighted by atomic mass is 14.4. The second-order valence-corrected chi connectivity index (χ2v) is 6.28. The maximum absolute atomic E-state index is 2.47. The van der Waals surface area contributed by atoms with Gasteiger partial charge in [0.15, 0.2) is 0 Å². The van der Waals surface area contributed by atoms with Gasteiger partial charge in [-0.15, -0.1) is 0 Å². The molecule has 0 heterocycles. The van der Waals surface area contributed by atoms with Gasteiger partial charge in [0.2, 0.25) is 0 Å². The Hall–Kier alpha value is 0. The summed E-state index contributed by atoms with van der Waals surface area (Å²) in [4.78, 5) is 0. The van der Waals surface area contributed by atoms with E-state index in [1.165, 1.54) is 38.5 Å². The van der Waals surface area contributed by atoms with Gasteiger partial charge in [-0.2, -0.15) is 0 Å². The summed E-state index contributed by atoms with van der Waals surface area (Å²) in [5.74, 6) is 0.979. The van der Waals surface area contributed by atoms with Crippen molar-refractivity contribution in [3.8, 4) is 0 Å². The van der Waals surface area contributed by atoms with Gasteiger partial charge in [0, 0.05) is 0 Å². The Kier molecular flexibility index (Phi) is 3.66. The van der Waals surface area contributed by atoms with Gasteiger partial charge in [-0.3, -0.25) is 0 Å². The van der Waals surface area contributed by atoms with E-state index in [0.717, 1.165) is 5.92 Å². The molecule has 0 radical (unpaired) electrons. The lowest BCUT2D eigenvalue weighted by Gasteiger charge is -2.43. The molecule has 14 heavy (non-hydrogen) atoms. The monoisotopic (exact) mass is 196 g/mol. The Bertz CT molecular complexity index is 170. The summed E-state index contributed by atoms with van der Waals surface area (Å²) >= 11 is 0. The Labute approximate surface area is 90.5 Å². The van der Waals surface area contributed by atoms with Crippen molar-refractivity contribution in [1.82, 2.24) is 0 Å². The maximum atomic E-state index is 2.47. The first kappa shape index (κ1) is 12.1. The standard InChI is InChI=1S/C14H28/c1-6-13(3,4)12-8-10-14(5,7-2)11-9-12/h12H,6-11H2,1-5H3. The normalized spacial score (nSPS) is 34.5. The molecule has 0 aromatic carbocycles. The molecular weight excluding hydrogens is 168 g/mol. The summed E-state index contributed by atoms with van der Waals surface area (Å²) in [5, 5.41) is 0. The third-order valence-corrected chi connectivity index (χ3v) is 5.06. The highest BCUT2D eigenvalue weighted by Gasteiger charge is 2.35. The highest BCUT2D eigenvalue weighted by molar-refractivity contribution is 4.86. The number of hydrogen-bond acceptors (Lipinski definition) is 0. The van der Waals surface area contributed by atoms with Crippen molar-refractivity contribution in [3.63, 3.8) is 0 Å². The van der Waals surface area contributed by atoms with E-state index >= 15 is 0 Å². The average Bonchev–Trinajstić information content (AvgIpc) is 2.19. The van der Waals surface area contributed by atoms with Crippen molar-refractivity contribution in [2.45, 2.75) is 73.1 Å². The van der Waals surface area contributed by atoms with Crippen LogP contribution >= 0.6 is 0 Å². The molecular formula is C14H28. The summed E-state index contributed by atoms with van der Waals surface area (Å²) in [6.45, 7) is 12.1. The van der Waals surface area contributed by atoms with Gasteiger partial charge in [-0.05, 0) is 42.4 Å². The molecule has 0 aliphatic heterocycles. The van der Waals surface area contributed by atoms with Gasteiger partial charge in [-0.1, -0.05) is 47.5 Å². The third-order valence-electron chi connectivity index (χ3n) is 5.06. The predicted octanol–water partition coefficient (Wildman–Crippen LogP) is 5.03. The summed E-state index contributed by atoms with van der Waals surface area (Å²) in [6.07, 6.45) is 8.54. The molecule has 1 saturated carbocycles. The minimum Gasteiger partial charge on any atom is -0.0649 e. The Balaban J connectivity index is 2.51. The van der Waals surface area contributed by atoms with Crippen LogP contribution in [-0.2, 0) is 0 Å². The molecule has 0 nitrogen and oxygen atoms in total. The van der Waals surface area contributed by atoms with Crippen LogP contribution in [0.15, 0.2) is 0 Å². The van der Waals surface area contributed by atoms with Gasteiger partial charge in [0.25, 0.3) is 0 Å². The van der Waals surface area contributed by atoms with Gasteiger partial charge in [0.05, 0.1) is 0 Å². The van der Waals surface area contributed by atoms with Crippen molar-refractivity contribution < 1.29 is 0 Å². The summed E-state index contributed by atoms with van der Waals surface area (Å²) in [6, 6.07) is 0. The fourth-order valence-corrected chi connectivity index (χ4v) is 2.74. The summed E-state index contributed by atoms with van der Waals surface area (Å²) < 4.78 is 0. The molecule has 0 heteroatoms. The van der Waals surface area contributed by atoms with Crippen LogP contribution in [0.2, 0.25) is 0 Å². The SMILES string of the molecule is CCC1(C)CCC(C(C)(C)CC)CC1. The lowest BCUT2D eigenvalue weighted by Crippen LogP contribution is -2.31. The lowest BCUT2D eigenvalue weighted by atomic mass is 9.63. The van der Waals surface area contributed by atoms with E-state index < -0.39 is 0 Å². The molecule has 0 N–H and O–H groups in total. The molecule has 1 aliphatic rings. The fraction of sp³-hybridized carbons (Fsp3) is 1.00. The van der Waals surface area contributed by atoms with Crippen LogP contribution in [0.3, 0.4) is 0 Å². The predicted molar refractivity (Wildman–Crippen MR) is 64.4 cm³/mol. The van der Waals surface area contributed by atoms with Crippen molar-refractivity contribution in [1.29, 1.82) is 0 Å². The zero-order valence-electron chi connectivity index (χ0n) is 10.8. The van der Waals surface area contributed by atoms with E-state index in [2.05, 4.69) is 34.6 Å². The van der Waals surface area contributed by atoms with Crippen molar-refractivity contribution >= 4 is 0 Å². The van der Waals surface area contributed by atoms with Gasteiger partial charge < -0.3 is 0 Å². The zero-order chi connectivity index (χ0) is 10.8. The molecule has 1 rings (SSSR count). The van der Waals surface area contributed by atoms with Gasteiger partial charge in [-0.25, -0.2) is 0 Å². The molecule has 0 aromatic heterocycles. The second-order valence-electron chi connectivity index (χ2n) is 6.28. The highest BCUT2D eigenvalue weighted by Crippen LogP contribution is 2.47. The van der Waals surface area contributed by atoms with E-state index in [1.807, 2.05) is 0 Å². The van der Waals surface area contributed by atoms with E-state index in [1.54, 1.807) is 0 Å². The Morgan fingerprint density at radius 2 is 1.64 bits per heavy atom. The van der Waals surface area contributed by atoms with E-state index in [0.29, 0.717) is 10.8 Å². The number of hydrogen-bond donors (Lipinski definition) is 0. The van der Waals surface area contributed by atoms with Crippen molar-refractivity contribution in [2.75, 3.05) is 0 Å². The van der Waals surface area contributed by atoms with Crippen LogP contribution in [0.1, 0.15) is 73.1 Å². The zero-order valence-corrected chi connectivity index (χ0v) is 10.8. The van der Waals surface area contributed by atoms with Gasteiger partial charge >= 0.3 is 0 Å². The molecule has 0 unspecified atom stereocenters. The molecule has 0 atom stereocenters. The van der Waals surface area contributed by atoms with Crippen LogP contribution in [0.5, 0.6) is 0 Å². The molecule has 0 spiro atoms. The molecule has 84 valence electrons. The first-order valence-electron chi connectivity index (χ1n) is 6.43. The number of rotatable bonds is 3. The van der Waals surface area contributed by atoms with Crippen LogP contribution in [0.4, 0.5) is 0 Å². The molecule has 0 bridgehead atoms. The minimum absolute atomic E-state index is 0.578. The molecule has 0 saturated heterocycles. The fourth-order valence-electron chi connectivity index (χ4n) is 2.74. The topological polar surface area (TPSA) is 0 Å². The molecule has 1 fully saturated rings. The smallest absolute Gasteiger partial charge is 0.0328 e. The first-order chi connectivity index (χ1) is 6.43.